The van der Waals surface area contributed by atoms with Gasteiger partial charge < -0.3 is 0 Å². The van der Waals surface area contributed by atoms with Crippen molar-refractivity contribution in [2.24, 2.45) is 0 Å². The highest BCUT2D eigenvalue weighted by atomic mass is 32.2. The number of rotatable bonds is 2. The summed E-state index contributed by atoms with van der Waals surface area (Å²) in [5.74, 6) is 0. The third-order valence-electron chi connectivity index (χ3n) is 3.28. The SMILES string of the molecule is CC1=CC(S(=O)(=O)c2ccc(C)cc2)CCC1. The Bertz CT molecular complexity index is 524. The largest absolute Gasteiger partial charge is 0.223 e. The summed E-state index contributed by atoms with van der Waals surface area (Å²) in [6, 6.07) is 7.13. The van der Waals surface area contributed by atoms with E-state index in [9.17, 15) is 8.42 Å². The first kappa shape index (κ1) is 12.4. The van der Waals surface area contributed by atoms with E-state index >= 15 is 0 Å². The smallest absolute Gasteiger partial charge is 0.184 e. The van der Waals surface area contributed by atoms with E-state index in [2.05, 4.69) is 0 Å². The van der Waals surface area contributed by atoms with Crippen LogP contribution in [0.1, 0.15) is 31.7 Å². The van der Waals surface area contributed by atoms with Gasteiger partial charge in [-0.3, -0.25) is 0 Å². The summed E-state index contributed by atoms with van der Waals surface area (Å²) < 4.78 is 24.8. The summed E-state index contributed by atoms with van der Waals surface area (Å²) in [7, 11) is -3.19. The van der Waals surface area contributed by atoms with E-state index < -0.39 is 9.84 Å². The fourth-order valence-electron chi connectivity index (χ4n) is 2.21. The Balaban J connectivity index is 2.36. The lowest BCUT2D eigenvalue weighted by Gasteiger charge is -2.19. The minimum Gasteiger partial charge on any atom is -0.223 e. The molecule has 1 aromatic rings. The van der Waals surface area contributed by atoms with Crippen LogP contribution in [0.3, 0.4) is 0 Å². The molecule has 0 N–H and O–H groups in total. The van der Waals surface area contributed by atoms with Crippen LogP contribution in [0.15, 0.2) is 40.8 Å². The highest BCUT2D eigenvalue weighted by molar-refractivity contribution is 7.92. The topological polar surface area (TPSA) is 34.1 Å². The highest BCUT2D eigenvalue weighted by Gasteiger charge is 2.27. The zero-order valence-corrected chi connectivity index (χ0v) is 11.1. The number of benzene rings is 1. The summed E-state index contributed by atoms with van der Waals surface area (Å²) in [6.45, 7) is 3.97. The Kier molecular flexibility index (Phi) is 3.38. The monoisotopic (exact) mass is 250 g/mol. The Morgan fingerprint density at radius 1 is 1.12 bits per heavy atom. The van der Waals surface area contributed by atoms with Gasteiger partial charge in [-0.2, -0.15) is 0 Å². The van der Waals surface area contributed by atoms with Gasteiger partial charge >= 0.3 is 0 Å². The van der Waals surface area contributed by atoms with Crippen molar-refractivity contribution in [3.8, 4) is 0 Å². The molecule has 1 aliphatic rings. The van der Waals surface area contributed by atoms with Crippen molar-refractivity contribution in [1.82, 2.24) is 0 Å². The van der Waals surface area contributed by atoms with Crippen LogP contribution < -0.4 is 0 Å². The molecule has 0 aliphatic heterocycles. The molecule has 2 rings (SSSR count). The molecule has 0 bridgehead atoms. The van der Waals surface area contributed by atoms with Gasteiger partial charge in [0.05, 0.1) is 10.1 Å². The molecular formula is C14H18O2S. The number of hydrogen-bond acceptors (Lipinski definition) is 2. The number of hydrogen-bond donors (Lipinski definition) is 0. The van der Waals surface area contributed by atoms with Crippen LogP contribution in [0.25, 0.3) is 0 Å². The number of sulfone groups is 1. The van der Waals surface area contributed by atoms with Crippen molar-refractivity contribution in [2.75, 3.05) is 0 Å². The van der Waals surface area contributed by atoms with Crippen LogP contribution >= 0.6 is 0 Å². The van der Waals surface area contributed by atoms with Gasteiger partial charge in [0.1, 0.15) is 0 Å². The van der Waals surface area contributed by atoms with Gasteiger partial charge in [-0.15, -0.1) is 0 Å². The summed E-state index contributed by atoms with van der Waals surface area (Å²) in [5.41, 5.74) is 2.27. The Labute approximate surface area is 103 Å². The summed E-state index contributed by atoms with van der Waals surface area (Å²) >= 11 is 0. The average molecular weight is 250 g/mol. The Morgan fingerprint density at radius 2 is 1.76 bits per heavy atom. The van der Waals surface area contributed by atoms with Crippen molar-refractivity contribution < 1.29 is 8.42 Å². The minimum absolute atomic E-state index is 0.334. The van der Waals surface area contributed by atoms with Gasteiger partial charge in [0, 0.05) is 0 Å². The molecule has 0 saturated heterocycles. The van der Waals surface area contributed by atoms with Crippen molar-refractivity contribution in [3.63, 3.8) is 0 Å². The molecule has 1 atom stereocenters. The van der Waals surface area contributed by atoms with Crippen molar-refractivity contribution in [2.45, 2.75) is 43.3 Å². The van der Waals surface area contributed by atoms with Crippen LogP contribution in [-0.2, 0) is 9.84 Å². The maximum absolute atomic E-state index is 12.4. The summed E-state index contributed by atoms with van der Waals surface area (Å²) in [4.78, 5) is 0.444. The van der Waals surface area contributed by atoms with Crippen molar-refractivity contribution >= 4 is 9.84 Å². The normalized spacial score (nSPS) is 21.1. The lowest BCUT2D eigenvalue weighted by atomic mass is 10.0. The molecule has 0 heterocycles. The van der Waals surface area contributed by atoms with Crippen molar-refractivity contribution in [1.29, 1.82) is 0 Å². The van der Waals surface area contributed by atoms with E-state index in [0.29, 0.717) is 4.90 Å². The fraction of sp³-hybridized carbons (Fsp3) is 0.429. The van der Waals surface area contributed by atoms with Crippen LogP contribution in [0.2, 0.25) is 0 Å². The Morgan fingerprint density at radius 3 is 2.35 bits per heavy atom. The molecular weight excluding hydrogens is 232 g/mol. The number of allylic oxidation sites excluding steroid dienone is 1. The molecule has 3 heteroatoms. The summed E-state index contributed by atoms with van der Waals surface area (Å²) in [5, 5.41) is -0.334. The lowest BCUT2D eigenvalue weighted by molar-refractivity contribution is 0.574. The first-order valence-electron chi connectivity index (χ1n) is 5.98. The standard InChI is InChI=1S/C14H18O2S/c1-11-6-8-13(9-7-11)17(15,16)14-5-3-4-12(2)10-14/h6-10,14H,3-5H2,1-2H3. The van der Waals surface area contributed by atoms with Crippen LogP contribution in [0.4, 0.5) is 0 Å². The maximum Gasteiger partial charge on any atom is 0.184 e. The maximum atomic E-state index is 12.4. The molecule has 0 saturated carbocycles. The van der Waals surface area contributed by atoms with Crippen LogP contribution in [-0.4, -0.2) is 13.7 Å². The minimum atomic E-state index is -3.19. The second kappa shape index (κ2) is 4.65. The predicted octanol–water partition coefficient (Wildman–Crippen LogP) is 3.27. The second-order valence-electron chi connectivity index (χ2n) is 4.80. The Hall–Kier alpha value is -1.09. The van der Waals surface area contributed by atoms with E-state index in [1.165, 1.54) is 5.57 Å². The van der Waals surface area contributed by atoms with Crippen molar-refractivity contribution in [3.05, 3.63) is 41.5 Å². The van der Waals surface area contributed by atoms with Crippen LogP contribution in [0.5, 0.6) is 0 Å². The van der Waals surface area contributed by atoms with Gasteiger partial charge in [-0.1, -0.05) is 29.3 Å². The van der Waals surface area contributed by atoms with Gasteiger partial charge in [0.25, 0.3) is 0 Å². The van der Waals surface area contributed by atoms with Crippen LogP contribution in [0, 0.1) is 6.92 Å². The molecule has 0 aromatic heterocycles. The van der Waals surface area contributed by atoms with E-state index in [-0.39, 0.29) is 5.25 Å². The van der Waals surface area contributed by atoms with E-state index in [1.54, 1.807) is 12.1 Å². The average Bonchev–Trinajstić information content (AvgIpc) is 2.29. The molecule has 17 heavy (non-hydrogen) atoms. The summed E-state index contributed by atoms with van der Waals surface area (Å²) in [6.07, 6.45) is 4.66. The molecule has 0 spiro atoms. The quantitative estimate of drug-likeness (QED) is 0.755. The fourth-order valence-corrected chi connectivity index (χ4v) is 3.97. The third-order valence-corrected chi connectivity index (χ3v) is 5.38. The second-order valence-corrected chi connectivity index (χ2v) is 6.97. The van der Waals surface area contributed by atoms with Gasteiger partial charge in [-0.05, 0) is 45.2 Å². The molecule has 1 unspecified atom stereocenters. The van der Waals surface area contributed by atoms with Gasteiger partial charge in [0.2, 0.25) is 0 Å². The molecule has 1 aliphatic carbocycles. The zero-order valence-electron chi connectivity index (χ0n) is 10.3. The molecule has 1 aromatic carbocycles. The molecule has 0 fully saturated rings. The van der Waals surface area contributed by atoms with Gasteiger partial charge in [-0.25, -0.2) is 8.42 Å². The predicted molar refractivity (Wildman–Crippen MR) is 69.8 cm³/mol. The van der Waals surface area contributed by atoms with E-state index in [0.717, 1.165) is 24.8 Å². The number of aryl methyl sites for hydroxylation is 1. The molecule has 2 nitrogen and oxygen atoms in total. The molecule has 92 valence electrons. The van der Waals surface area contributed by atoms with E-state index in [1.807, 2.05) is 32.1 Å². The first-order chi connectivity index (χ1) is 8.00. The highest BCUT2D eigenvalue weighted by Crippen LogP contribution is 2.27. The lowest BCUT2D eigenvalue weighted by Crippen LogP contribution is -2.22. The zero-order chi connectivity index (χ0) is 12.5. The first-order valence-corrected chi connectivity index (χ1v) is 7.52. The molecule has 0 amide bonds. The third kappa shape index (κ3) is 2.60. The van der Waals surface area contributed by atoms with Gasteiger partial charge in [0.15, 0.2) is 9.84 Å². The molecule has 0 radical (unpaired) electrons. The van der Waals surface area contributed by atoms with E-state index in [4.69, 9.17) is 0 Å².